The van der Waals surface area contributed by atoms with Crippen molar-refractivity contribution in [3.05, 3.63) is 27.9 Å². The molecule has 0 bridgehead atoms. The van der Waals surface area contributed by atoms with Crippen molar-refractivity contribution in [2.24, 2.45) is 0 Å². The van der Waals surface area contributed by atoms with Gasteiger partial charge in [-0.15, -0.1) is 11.3 Å². The number of hydrogen-bond donors (Lipinski definition) is 3. The van der Waals surface area contributed by atoms with Gasteiger partial charge >= 0.3 is 11.8 Å². The Labute approximate surface area is 134 Å². The van der Waals surface area contributed by atoms with Gasteiger partial charge in [-0.1, -0.05) is 0 Å². The number of hydrogen-bond acceptors (Lipinski definition) is 6. The van der Waals surface area contributed by atoms with Gasteiger partial charge < -0.3 is 5.32 Å². The Morgan fingerprint density at radius 1 is 1.14 bits per heavy atom. The zero-order chi connectivity index (χ0) is 16.1. The minimum Gasteiger partial charge on any atom is -0.346 e. The molecule has 0 fully saturated rings. The highest BCUT2D eigenvalue weighted by Crippen LogP contribution is 2.25. The van der Waals surface area contributed by atoms with Crippen LogP contribution in [0.1, 0.15) is 24.3 Å². The van der Waals surface area contributed by atoms with Crippen LogP contribution in [-0.4, -0.2) is 28.7 Å². The first-order valence-corrected chi connectivity index (χ1v) is 8.19. The van der Waals surface area contributed by atoms with Gasteiger partial charge in [0.1, 0.15) is 10.7 Å². The van der Waals surface area contributed by atoms with Gasteiger partial charge in [-0.25, -0.2) is 4.98 Å². The van der Waals surface area contributed by atoms with Crippen molar-refractivity contribution >= 4 is 40.4 Å². The van der Waals surface area contributed by atoms with Crippen LogP contribution in [0.3, 0.4) is 0 Å². The molecular formula is C13H14N4O3S2. The fraction of sp³-hybridized carbons (Fsp3) is 0.231. The number of thiazole rings is 1. The van der Waals surface area contributed by atoms with Crippen LogP contribution in [-0.2, 0) is 9.59 Å². The molecule has 2 rings (SSSR count). The summed E-state index contributed by atoms with van der Waals surface area (Å²) in [5, 5.41) is 8.57. The summed E-state index contributed by atoms with van der Waals surface area (Å²) in [4.78, 5) is 38.9. The van der Waals surface area contributed by atoms with Crippen LogP contribution in [0, 0.1) is 0 Å². The number of rotatable bonds is 3. The zero-order valence-corrected chi connectivity index (χ0v) is 13.5. The highest BCUT2D eigenvalue weighted by molar-refractivity contribution is 7.14. The molecule has 0 aliphatic carbocycles. The molecule has 0 atom stereocenters. The summed E-state index contributed by atoms with van der Waals surface area (Å²) in [6.07, 6.45) is 0. The number of carbonyl (C=O) groups excluding carboxylic acids is 3. The van der Waals surface area contributed by atoms with Crippen LogP contribution < -0.4 is 16.2 Å². The molecule has 0 radical (unpaired) electrons. The van der Waals surface area contributed by atoms with E-state index in [-0.39, 0.29) is 11.7 Å². The predicted molar refractivity (Wildman–Crippen MR) is 84.3 cm³/mol. The molecule has 7 nitrogen and oxygen atoms in total. The van der Waals surface area contributed by atoms with Crippen LogP contribution in [0.25, 0.3) is 10.6 Å². The van der Waals surface area contributed by atoms with Crippen molar-refractivity contribution in [1.29, 1.82) is 0 Å². The Morgan fingerprint density at radius 2 is 1.91 bits per heavy atom. The maximum Gasteiger partial charge on any atom is 0.327 e. The Kier molecular flexibility index (Phi) is 5.23. The van der Waals surface area contributed by atoms with Crippen molar-refractivity contribution in [2.45, 2.75) is 19.9 Å². The summed E-state index contributed by atoms with van der Waals surface area (Å²) in [7, 11) is 0. The average molecular weight is 338 g/mol. The molecule has 0 unspecified atom stereocenters. The van der Waals surface area contributed by atoms with Gasteiger partial charge in [-0.2, -0.15) is 11.3 Å². The molecule has 0 aliphatic rings. The van der Waals surface area contributed by atoms with Crippen molar-refractivity contribution in [1.82, 2.24) is 21.2 Å². The van der Waals surface area contributed by atoms with E-state index in [0.717, 1.165) is 10.6 Å². The lowest BCUT2D eigenvalue weighted by Crippen LogP contribution is -2.49. The lowest BCUT2D eigenvalue weighted by molar-refractivity contribution is -0.139. The Morgan fingerprint density at radius 3 is 2.55 bits per heavy atom. The monoisotopic (exact) mass is 338 g/mol. The molecule has 2 aromatic rings. The second kappa shape index (κ2) is 7.14. The molecule has 0 saturated heterocycles. The number of nitrogens with one attached hydrogen (secondary N) is 3. The maximum absolute atomic E-state index is 11.9. The van der Waals surface area contributed by atoms with E-state index in [0.29, 0.717) is 0 Å². The normalized spacial score (nSPS) is 10.3. The second-order valence-electron chi connectivity index (χ2n) is 4.59. The highest BCUT2D eigenvalue weighted by atomic mass is 32.1. The Hall–Kier alpha value is -2.26. The summed E-state index contributed by atoms with van der Waals surface area (Å²) in [6, 6.07) is 1.74. The van der Waals surface area contributed by atoms with E-state index in [2.05, 4.69) is 15.7 Å². The molecule has 22 heavy (non-hydrogen) atoms. The summed E-state index contributed by atoms with van der Waals surface area (Å²) in [6.45, 7) is 3.45. The van der Waals surface area contributed by atoms with Crippen LogP contribution in [0.4, 0.5) is 0 Å². The van der Waals surface area contributed by atoms with Crippen LogP contribution in [0.2, 0.25) is 0 Å². The van der Waals surface area contributed by atoms with E-state index in [1.165, 1.54) is 22.7 Å². The summed E-state index contributed by atoms with van der Waals surface area (Å²) in [5.74, 6) is -2.33. The third kappa shape index (κ3) is 4.12. The third-order valence-corrected chi connectivity index (χ3v) is 4.00. The standard InChI is InChI=1S/C13H14N4O3S2/c1-7(2)14-11(19)12(20)17-16-10(18)9-6-22-13(15-9)8-3-4-21-5-8/h3-7H,1-2H3,(H,14,19)(H,16,18)(H,17,20). The van der Waals surface area contributed by atoms with Gasteiger partial charge in [0.15, 0.2) is 0 Å². The molecular weight excluding hydrogens is 324 g/mol. The van der Waals surface area contributed by atoms with E-state index >= 15 is 0 Å². The Balaban J connectivity index is 1.90. The molecule has 0 aliphatic heterocycles. The second-order valence-corrected chi connectivity index (χ2v) is 6.22. The fourth-order valence-electron chi connectivity index (χ4n) is 1.46. The zero-order valence-electron chi connectivity index (χ0n) is 11.9. The Bertz CT molecular complexity index is 679. The number of amides is 3. The highest BCUT2D eigenvalue weighted by Gasteiger charge is 2.17. The lowest BCUT2D eigenvalue weighted by atomic mass is 10.3. The molecule has 0 saturated carbocycles. The fourth-order valence-corrected chi connectivity index (χ4v) is 2.97. The van der Waals surface area contributed by atoms with Crippen LogP contribution in [0.5, 0.6) is 0 Å². The van der Waals surface area contributed by atoms with Crippen molar-refractivity contribution < 1.29 is 14.4 Å². The molecule has 9 heteroatoms. The first-order chi connectivity index (χ1) is 10.5. The van der Waals surface area contributed by atoms with Gasteiger partial charge in [0.25, 0.3) is 5.91 Å². The van der Waals surface area contributed by atoms with Crippen LogP contribution in [0.15, 0.2) is 22.2 Å². The number of thiophene rings is 1. The molecule has 3 N–H and O–H groups in total. The number of nitrogens with zero attached hydrogens (tertiary/aromatic N) is 1. The molecule has 2 aromatic heterocycles. The first-order valence-electron chi connectivity index (χ1n) is 6.36. The van der Waals surface area contributed by atoms with E-state index < -0.39 is 17.7 Å². The number of aromatic nitrogens is 1. The van der Waals surface area contributed by atoms with Gasteiger partial charge in [0.2, 0.25) is 0 Å². The molecule has 3 amide bonds. The van der Waals surface area contributed by atoms with Gasteiger partial charge in [0, 0.05) is 22.4 Å². The van der Waals surface area contributed by atoms with E-state index in [9.17, 15) is 14.4 Å². The summed E-state index contributed by atoms with van der Waals surface area (Å²) < 4.78 is 0. The van der Waals surface area contributed by atoms with Crippen LogP contribution >= 0.6 is 22.7 Å². The first kappa shape index (κ1) is 16.1. The van der Waals surface area contributed by atoms with Gasteiger partial charge in [-0.05, 0) is 25.3 Å². The number of carbonyl (C=O) groups is 3. The van der Waals surface area contributed by atoms with Gasteiger partial charge in [0.05, 0.1) is 0 Å². The lowest BCUT2D eigenvalue weighted by Gasteiger charge is -2.08. The van der Waals surface area contributed by atoms with Crippen molar-refractivity contribution in [2.75, 3.05) is 0 Å². The summed E-state index contributed by atoms with van der Waals surface area (Å²) >= 11 is 2.87. The van der Waals surface area contributed by atoms with E-state index in [4.69, 9.17) is 0 Å². The number of hydrazine groups is 1. The van der Waals surface area contributed by atoms with Gasteiger partial charge in [-0.3, -0.25) is 25.2 Å². The minimum atomic E-state index is -0.935. The quantitative estimate of drug-likeness (QED) is 0.577. The van der Waals surface area contributed by atoms with Crippen molar-refractivity contribution in [3.63, 3.8) is 0 Å². The molecule has 0 spiro atoms. The van der Waals surface area contributed by atoms with Crippen molar-refractivity contribution in [3.8, 4) is 10.6 Å². The topological polar surface area (TPSA) is 100 Å². The van der Waals surface area contributed by atoms with E-state index in [1.54, 1.807) is 19.2 Å². The maximum atomic E-state index is 11.9. The average Bonchev–Trinajstić information content (AvgIpc) is 3.13. The minimum absolute atomic E-state index is 0.166. The molecule has 2 heterocycles. The smallest absolute Gasteiger partial charge is 0.327 e. The molecule has 116 valence electrons. The molecule has 0 aromatic carbocycles. The van der Waals surface area contributed by atoms with E-state index in [1.807, 2.05) is 22.3 Å². The third-order valence-electron chi connectivity index (χ3n) is 2.42. The summed E-state index contributed by atoms with van der Waals surface area (Å²) in [5.41, 5.74) is 5.32. The predicted octanol–water partition coefficient (Wildman–Crippen LogP) is 1.16. The largest absolute Gasteiger partial charge is 0.346 e. The SMILES string of the molecule is CC(C)NC(=O)C(=O)NNC(=O)c1csc(-c2ccsc2)n1.